The van der Waals surface area contributed by atoms with Crippen molar-refractivity contribution in [1.29, 1.82) is 0 Å². The highest BCUT2D eigenvalue weighted by molar-refractivity contribution is 7.90. The van der Waals surface area contributed by atoms with Crippen LogP contribution in [0.1, 0.15) is 36.8 Å². The number of sulfonamides is 1. The van der Waals surface area contributed by atoms with E-state index >= 15 is 0 Å². The standard InChI is InChI=1S/C25H24FN3O7S/c1-35-14-15-36-25(32)22-11-6-19(16-28-22)24(31)29-37(33,34)21-9-2-17(3-10-21)12-13-27-23(30)18-4-7-20(26)8-5-18/h2-11,16H,12-15H2,1H3,(H,27,30)(H,29,31). The van der Waals surface area contributed by atoms with Crippen LogP contribution in [0.4, 0.5) is 4.39 Å². The molecule has 0 spiro atoms. The molecule has 0 saturated carbocycles. The first-order valence-corrected chi connectivity index (χ1v) is 12.5. The molecule has 0 aliphatic heterocycles. The number of rotatable bonds is 11. The molecule has 0 radical (unpaired) electrons. The van der Waals surface area contributed by atoms with Crippen molar-refractivity contribution < 1.29 is 36.7 Å². The normalized spacial score (nSPS) is 11.0. The van der Waals surface area contributed by atoms with E-state index in [2.05, 4.69) is 10.3 Å². The van der Waals surface area contributed by atoms with Gasteiger partial charge in [0.1, 0.15) is 18.1 Å². The summed E-state index contributed by atoms with van der Waals surface area (Å²) in [5.74, 6) is -2.41. The number of methoxy groups -OCH3 is 1. The van der Waals surface area contributed by atoms with E-state index in [1.807, 2.05) is 4.72 Å². The number of benzene rings is 2. The highest BCUT2D eigenvalue weighted by Crippen LogP contribution is 2.12. The fourth-order valence-electron chi connectivity index (χ4n) is 3.04. The highest BCUT2D eigenvalue weighted by Gasteiger charge is 2.20. The maximum atomic E-state index is 13.0. The van der Waals surface area contributed by atoms with Gasteiger partial charge in [0.15, 0.2) is 0 Å². The van der Waals surface area contributed by atoms with E-state index in [-0.39, 0.29) is 41.8 Å². The zero-order valence-corrected chi connectivity index (χ0v) is 20.6. The lowest BCUT2D eigenvalue weighted by molar-refractivity contribution is 0.0381. The first-order valence-electron chi connectivity index (χ1n) is 11.0. The molecule has 10 nitrogen and oxygen atoms in total. The molecule has 0 aliphatic rings. The fourth-order valence-corrected chi connectivity index (χ4v) is 4.01. The van der Waals surface area contributed by atoms with Crippen LogP contribution >= 0.6 is 0 Å². The van der Waals surface area contributed by atoms with Gasteiger partial charge in [0.05, 0.1) is 17.1 Å². The Morgan fingerprint density at radius 3 is 2.19 bits per heavy atom. The van der Waals surface area contributed by atoms with Gasteiger partial charge in [0, 0.05) is 25.4 Å². The molecule has 2 aromatic carbocycles. The van der Waals surface area contributed by atoms with E-state index in [0.29, 0.717) is 12.0 Å². The van der Waals surface area contributed by atoms with Gasteiger partial charge in [-0.25, -0.2) is 27.3 Å². The summed E-state index contributed by atoms with van der Waals surface area (Å²) in [5, 5.41) is 2.70. The topological polar surface area (TPSA) is 141 Å². The molecule has 1 heterocycles. The van der Waals surface area contributed by atoms with Crippen molar-refractivity contribution in [3.05, 3.63) is 95.1 Å². The second kappa shape index (κ2) is 12.7. The molecular weight excluding hydrogens is 505 g/mol. The lowest BCUT2D eigenvalue weighted by Gasteiger charge is -2.09. The lowest BCUT2D eigenvalue weighted by atomic mass is 10.1. The number of hydrogen-bond donors (Lipinski definition) is 2. The summed E-state index contributed by atoms with van der Waals surface area (Å²) in [7, 11) is -2.71. The van der Waals surface area contributed by atoms with Crippen LogP contribution in [-0.2, 0) is 25.9 Å². The van der Waals surface area contributed by atoms with E-state index in [1.54, 1.807) is 12.1 Å². The van der Waals surface area contributed by atoms with Crippen LogP contribution in [0.5, 0.6) is 0 Å². The van der Waals surface area contributed by atoms with Crippen LogP contribution in [0.25, 0.3) is 0 Å². The van der Waals surface area contributed by atoms with Crippen LogP contribution in [0.3, 0.4) is 0 Å². The molecule has 12 heteroatoms. The van der Waals surface area contributed by atoms with E-state index in [0.717, 1.165) is 11.8 Å². The Kier molecular flexibility index (Phi) is 9.41. The molecular formula is C25H24FN3O7S. The van der Waals surface area contributed by atoms with Crippen molar-refractivity contribution >= 4 is 27.8 Å². The van der Waals surface area contributed by atoms with Crippen LogP contribution in [0.2, 0.25) is 0 Å². The van der Waals surface area contributed by atoms with Gasteiger partial charge >= 0.3 is 5.97 Å². The summed E-state index contributed by atoms with van der Waals surface area (Å²) in [6.07, 6.45) is 1.49. The predicted octanol–water partition coefficient (Wildman–Crippen LogP) is 2.12. The van der Waals surface area contributed by atoms with Gasteiger partial charge in [-0.15, -0.1) is 0 Å². The van der Waals surface area contributed by atoms with Crippen LogP contribution in [0, 0.1) is 5.82 Å². The van der Waals surface area contributed by atoms with Gasteiger partial charge in [-0.05, 0) is 60.5 Å². The van der Waals surface area contributed by atoms with Gasteiger partial charge in [-0.2, -0.15) is 0 Å². The van der Waals surface area contributed by atoms with E-state index in [1.165, 1.54) is 55.6 Å². The highest BCUT2D eigenvalue weighted by atomic mass is 32.2. The number of halogens is 1. The van der Waals surface area contributed by atoms with Gasteiger partial charge in [-0.1, -0.05) is 12.1 Å². The zero-order valence-electron chi connectivity index (χ0n) is 19.8. The Bertz CT molecular complexity index is 1340. The van der Waals surface area contributed by atoms with E-state index in [4.69, 9.17) is 9.47 Å². The second-order valence-electron chi connectivity index (χ2n) is 7.65. The summed E-state index contributed by atoms with van der Waals surface area (Å²) < 4.78 is 49.8. The molecule has 0 aliphatic carbocycles. The number of carbonyl (C=O) groups excluding carboxylic acids is 3. The summed E-state index contributed by atoms with van der Waals surface area (Å²) >= 11 is 0. The van der Waals surface area contributed by atoms with Gasteiger partial charge in [0.25, 0.3) is 21.8 Å². The van der Waals surface area contributed by atoms with Crippen LogP contribution in [0.15, 0.2) is 71.8 Å². The minimum atomic E-state index is -4.17. The van der Waals surface area contributed by atoms with Gasteiger partial charge in [0.2, 0.25) is 0 Å². The van der Waals surface area contributed by atoms with Crippen LogP contribution < -0.4 is 10.0 Å². The van der Waals surface area contributed by atoms with E-state index in [9.17, 15) is 27.2 Å². The Morgan fingerprint density at radius 1 is 0.892 bits per heavy atom. The molecule has 0 unspecified atom stereocenters. The SMILES string of the molecule is COCCOC(=O)c1ccc(C(=O)NS(=O)(=O)c2ccc(CCNC(=O)c3ccc(F)cc3)cc2)cn1. The van der Waals surface area contributed by atoms with Crippen molar-refractivity contribution in [1.82, 2.24) is 15.0 Å². The summed E-state index contributed by atoms with van der Waals surface area (Å²) in [4.78, 5) is 40.0. The number of pyridine rings is 1. The molecule has 1 aromatic heterocycles. The Labute approximate surface area is 212 Å². The molecule has 37 heavy (non-hydrogen) atoms. The predicted molar refractivity (Wildman–Crippen MR) is 130 cm³/mol. The third kappa shape index (κ3) is 7.92. The maximum Gasteiger partial charge on any atom is 0.356 e. The number of ether oxygens (including phenoxy) is 2. The molecule has 0 bridgehead atoms. The minimum Gasteiger partial charge on any atom is -0.459 e. The summed E-state index contributed by atoms with van der Waals surface area (Å²) in [6.45, 7) is 0.544. The van der Waals surface area contributed by atoms with Crippen molar-refractivity contribution in [2.24, 2.45) is 0 Å². The summed E-state index contributed by atoms with van der Waals surface area (Å²) in [6, 6.07) is 13.5. The molecule has 0 fully saturated rings. The second-order valence-corrected chi connectivity index (χ2v) is 9.33. The molecule has 3 aromatic rings. The quantitative estimate of drug-likeness (QED) is 0.284. The van der Waals surface area contributed by atoms with Crippen LogP contribution in [-0.4, -0.2) is 58.1 Å². The zero-order chi connectivity index (χ0) is 26.8. The maximum absolute atomic E-state index is 13.0. The lowest BCUT2D eigenvalue weighted by Crippen LogP contribution is -2.30. The number of amides is 2. The monoisotopic (exact) mass is 529 g/mol. The molecule has 3 rings (SSSR count). The number of nitrogens with zero attached hydrogens (tertiary/aromatic N) is 1. The Balaban J connectivity index is 1.53. The average molecular weight is 530 g/mol. The van der Waals surface area contributed by atoms with Crippen molar-refractivity contribution in [3.8, 4) is 0 Å². The number of esters is 1. The van der Waals surface area contributed by atoms with Crippen molar-refractivity contribution in [2.75, 3.05) is 26.9 Å². The summed E-state index contributed by atoms with van der Waals surface area (Å²) in [5.41, 5.74) is 0.970. The number of hydrogen-bond acceptors (Lipinski definition) is 8. The smallest absolute Gasteiger partial charge is 0.356 e. The van der Waals surface area contributed by atoms with Gasteiger partial charge in [-0.3, -0.25) is 9.59 Å². The number of nitrogens with one attached hydrogen (secondary N) is 2. The first kappa shape index (κ1) is 27.4. The Hall–Kier alpha value is -4.16. The average Bonchev–Trinajstić information content (AvgIpc) is 2.89. The Morgan fingerprint density at radius 2 is 1.57 bits per heavy atom. The van der Waals surface area contributed by atoms with Crippen molar-refractivity contribution in [2.45, 2.75) is 11.3 Å². The molecule has 2 N–H and O–H groups in total. The number of aromatic nitrogens is 1. The minimum absolute atomic E-state index is 0.0417. The molecule has 0 atom stereocenters. The number of carbonyl (C=O) groups is 3. The van der Waals surface area contributed by atoms with Crippen molar-refractivity contribution in [3.63, 3.8) is 0 Å². The van der Waals surface area contributed by atoms with E-state index < -0.39 is 27.7 Å². The largest absolute Gasteiger partial charge is 0.459 e. The molecule has 2 amide bonds. The third-order valence-corrected chi connectivity index (χ3v) is 6.37. The molecule has 194 valence electrons. The third-order valence-electron chi connectivity index (χ3n) is 5.02. The van der Waals surface area contributed by atoms with Gasteiger partial charge < -0.3 is 14.8 Å². The first-order chi connectivity index (χ1) is 17.7. The molecule has 0 saturated heterocycles. The fraction of sp³-hybridized carbons (Fsp3) is 0.200.